The second-order valence-electron chi connectivity index (χ2n) is 6.82. The summed E-state index contributed by atoms with van der Waals surface area (Å²) < 4.78 is 2.02. The number of rotatable bonds is 3. The molecule has 19 heavy (non-hydrogen) atoms. The molecule has 0 radical (unpaired) electrons. The van der Waals surface area contributed by atoms with Crippen molar-refractivity contribution in [3.05, 3.63) is 12.2 Å². The van der Waals surface area contributed by atoms with E-state index in [1.807, 2.05) is 4.68 Å². The Morgan fingerprint density at radius 3 is 2.79 bits per heavy atom. The zero-order valence-corrected chi connectivity index (χ0v) is 12.8. The normalized spacial score (nSPS) is 22.1. The maximum absolute atomic E-state index is 4.41. The summed E-state index contributed by atoms with van der Waals surface area (Å²) in [7, 11) is 0. The van der Waals surface area contributed by atoms with Gasteiger partial charge >= 0.3 is 0 Å². The molecule has 1 atom stereocenters. The summed E-state index contributed by atoms with van der Waals surface area (Å²) in [4.78, 5) is 6.89. The lowest BCUT2D eigenvalue weighted by atomic mass is 9.85. The molecule has 1 aromatic rings. The molecule has 0 aliphatic carbocycles. The Labute approximate surface area is 116 Å². The molecule has 1 aliphatic rings. The molecule has 2 heterocycles. The molecule has 1 fully saturated rings. The van der Waals surface area contributed by atoms with E-state index in [2.05, 4.69) is 54.9 Å². The maximum atomic E-state index is 4.41. The van der Waals surface area contributed by atoms with Crippen LogP contribution in [0.25, 0.3) is 0 Å². The van der Waals surface area contributed by atoms with Crippen molar-refractivity contribution in [3.8, 4) is 0 Å². The van der Waals surface area contributed by atoms with Gasteiger partial charge < -0.3 is 5.32 Å². The summed E-state index contributed by atoms with van der Waals surface area (Å²) in [6.45, 7) is 15.3. The highest BCUT2D eigenvalue weighted by Gasteiger charge is 2.29. The molecule has 1 N–H and O–H groups in total. The molecule has 1 saturated heterocycles. The van der Waals surface area contributed by atoms with Crippen LogP contribution in [0.15, 0.2) is 6.33 Å². The number of aromatic nitrogens is 3. The minimum absolute atomic E-state index is 0.296. The first-order valence-corrected chi connectivity index (χ1v) is 7.22. The quantitative estimate of drug-likeness (QED) is 0.903. The Morgan fingerprint density at radius 2 is 2.16 bits per heavy atom. The third kappa shape index (κ3) is 3.54. The van der Waals surface area contributed by atoms with Gasteiger partial charge in [0.05, 0.1) is 6.54 Å². The molecular formula is C14H27N5. The molecule has 0 spiro atoms. The molecule has 0 bridgehead atoms. The summed E-state index contributed by atoms with van der Waals surface area (Å²) >= 11 is 0. The van der Waals surface area contributed by atoms with Crippen LogP contribution in [0.1, 0.15) is 46.5 Å². The SMILES string of the molecule is CC(C)n1ncnc1CN1CCNC(C(C)(C)C)C1. The van der Waals surface area contributed by atoms with Crippen LogP contribution >= 0.6 is 0 Å². The Bertz CT molecular complexity index is 404. The number of hydrogen-bond donors (Lipinski definition) is 1. The van der Waals surface area contributed by atoms with E-state index in [0.717, 1.165) is 32.0 Å². The summed E-state index contributed by atoms with van der Waals surface area (Å²) in [5, 5.41) is 7.93. The van der Waals surface area contributed by atoms with Gasteiger partial charge in [-0.15, -0.1) is 0 Å². The fourth-order valence-corrected chi connectivity index (χ4v) is 2.55. The van der Waals surface area contributed by atoms with Gasteiger partial charge in [0.2, 0.25) is 0 Å². The van der Waals surface area contributed by atoms with E-state index in [1.165, 1.54) is 0 Å². The lowest BCUT2D eigenvalue weighted by Gasteiger charge is -2.40. The highest BCUT2D eigenvalue weighted by atomic mass is 15.4. The number of piperazine rings is 1. The van der Waals surface area contributed by atoms with E-state index < -0.39 is 0 Å². The number of hydrogen-bond acceptors (Lipinski definition) is 4. The van der Waals surface area contributed by atoms with E-state index in [4.69, 9.17) is 0 Å². The molecule has 0 saturated carbocycles. The van der Waals surface area contributed by atoms with E-state index >= 15 is 0 Å². The molecular weight excluding hydrogens is 238 g/mol. The predicted octanol–water partition coefficient (Wildman–Crippen LogP) is 1.68. The Hall–Kier alpha value is -0.940. The van der Waals surface area contributed by atoms with Crippen molar-refractivity contribution in [2.24, 2.45) is 5.41 Å². The zero-order chi connectivity index (χ0) is 14.0. The van der Waals surface area contributed by atoms with Crippen LogP contribution in [-0.2, 0) is 6.54 Å². The van der Waals surface area contributed by atoms with Crippen molar-refractivity contribution in [2.75, 3.05) is 19.6 Å². The number of nitrogens with zero attached hydrogens (tertiary/aromatic N) is 4. The minimum Gasteiger partial charge on any atom is -0.311 e. The lowest BCUT2D eigenvalue weighted by Crippen LogP contribution is -2.55. The van der Waals surface area contributed by atoms with Crippen molar-refractivity contribution in [3.63, 3.8) is 0 Å². The van der Waals surface area contributed by atoms with Crippen LogP contribution in [0, 0.1) is 5.41 Å². The molecule has 2 rings (SSSR count). The average Bonchev–Trinajstić information content (AvgIpc) is 2.76. The summed E-state index contributed by atoms with van der Waals surface area (Å²) in [6, 6.07) is 0.913. The van der Waals surface area contributed by atoms with Crippen LogP contribution < -0.4 is 5.32 Å². The fraction of sp³-hybridized carbons (Fsp3) is 0.857. The molecule has 0 aromatic carbocycles. The van der Waals surface area contributed by atoms with Crippen molar-refractivity contribution in [1.29, 1.82) is 0 Å². The van der Waals surface area contributed by atoms with Gasteiger partial charge in [0, 0.05) is 31.7 Å². The first-order valence-electron chi connectivity index (χ1n) is 7.22. The first-order chi connectivity index (χ1) is 8.88. The molecule has 5 nitrogen and oxygen atoms in total. The minimum atomic E-state index is 0.296. The third-order valence-electron chi connectivity index (χ3n) is 3.81. The second kappa shape index (κ2) is 5.59. The van der Waals surface area contributed by atoms with Gasteiger partial charge in [-0.1, -0.05) is 20.8 Å². The molecule has 0 amide bonds. The van der Waals surface area contributed by atoms with Gasteiger partial charge in [0.25, 0.3) is 0 Å². The van der Waals surface area contributed by atoms with E-state index in [1.54, 1.807) is 6.33 Å². The smallest absolute Gasteiger partial charge is 0.141 e. The van der Waals surface area contributed by atoms with Crippen molar-refractivity contribution in [1.82, 2.24) is 25.0 Å². The highest BCUT2D eigenvalue weighted by molar-refractivity contribution is 4.92. The molecule has 108 valence electrons. The Morgan fingerprint density at radius 1 is 1.42 bits per heavy atom. The van der Waals surface area contributed by atoms with Gasteiger partial charge in [-0.2, -0.15) is 5.10 Å². The Kier molecular flexibility index (Phi) is 4.26. The van der Waals surface area contributed by atoms with E-state index in [0.29, 0.717) is 17.5 Å². The van der Waals surface area contributed by atoms with Gasteiger partial charge in [-0.25, -0.2) is 9.67 Å². The van der Waals surface area contributed by atoms with Crippen LogP contribution in [0.2, 0.25) is 0 Å². The fourth-order valence-electron chi connectivity index (χ4n) is 2.55. The van der Waals surface area contributed by atoms with Gasteiger partial charge in [-0.05, 0) is 19.3 Å². The van der Waals surface area contributed by atoms with Gasteiger partial charge in [0.15, 0.2) is 0 Å². The maximum Gasteiger partial charge on any atom is 0.141 e. The van der Waals surface area contributed by atoms with Crippen LogP contribution in [0.5, 0.6) is 0 Å². The van der Waals surface area contributed by atoms with Crippen molar-refractivity contribution in [2.45, 2.75) is 53.2 Å². The topological polar surface area (TPSA) is 46.0 Å². The number of nitrogens with one attached hydrogen (secondary N) is 1. The molecule has 1 aromatic heterocycles. The van der Waals surface area contributed by atoms with E-state index in [9.17, 15) is 0 Å². The summed E-state index contributed by atoms with van der Waals surface area (Å²) in [5.41, 5.74) is 0.296. The monoisotopic (exact) mass is 265 g/mol. The predicted molar refractivity (Wildman–Crippen MR) is 76.9 cm³/mol. The van der Waals surface area contributed by atoms with Crippen LogP contribution in [0.3, 0.4) is 0 Å². The largest absolute Gasteiger partial charge is 0.311 e. The van der Waals surface area contributed by atoms with Crippen molar-refractivity contribution >= 4 is 0 Å². The van der Waals surface area contributed by atoms with Gasteiger partial charge in [-0.3, -0.25) is 4.90 Å². The summed E-state index contributed by atoms with van der Waals surface area (Å²) in [6.07, 6.45) is 1.67. The van der Waals surface area contributed by atoms with E-state index in [-0.39, 0.29) is 0 Å². The standard InChI is InChI=1S/C14H27N5/c1-11(2)19-13(16-10-17-19)9-18-7-6-15-12(8-18)14(3,4)5/h10-12,15H,6-9H2,1-5H3. The van der Waals surface area contributed by atoms with Gasteiger partial charge in [0.1, 0.15) is 12.2 Å². The Balaban J connectivity index is 2.01. The average molecular weight is 265 g/mol. The summed E-state index contributed by atoms with van der Waals surface area (Å²) in [5.74, 6) is 1.07. The zero-order valence-electron chi connectivity index (χ0n) is 12.8. The van der Waals surface area contributed by atoms with Crippen LogP contribution in [0.4, 0.5) is 0 Å². The molecule has 5 heteroatoms. The first kappa shape index (κ1) is 14.5. The lowest BCUT2D eigenvalue weighted by molar-refractivity contribution is 0.125. The second-order valence-corrected chi connectivity index (χ2v) is 6.82. The van der Waals surface area contributed by atoms with Crippen molar-refractivity contribution < 1.29 is 0 Å². The van der Waals surface area contributed by atoms with Crippen LogP contribution in [-0.4, -0.2) is 45.3 Å². The molecule has 1 aliphatic heterocycles. The molecule has 1 unspecified atom stereocenters. The third-order valence-corrected chi connectivity index (χ3v) is 3.81. The highest BCUT2D eigenvalue weighted by Crippen LogP contribution is 2.22.